The number of hydrogen-bond donors (Lipinski definition) is 2. The number of fused-ring (bicyclic) bond motifs is 1. The fraction of sp³-hybridized carbons (Fsp3) is 0.562. The molecule has 0 saturated carbocycles. The highest BCUT2D eigenvalue weighted by atomic mass is 32.2. The van der Waals surface area contributed by atoms with Crippen LogP contribution in [0.3, 0.4) is 0 Å². The zero-order valence-corrected chi connectivity index (χ0v) is 15.1. The van der Waals surface area contributed by atoms with Gasteiger partial charge in [0.2, 0.25) is 0 Å². The lowest BCUT2D eigenvalue weighted by Gasteiger charge is -2.33. The summed E-state index contributed by atoms with van der Waals surface area (Å²) in [6, 6.07) is 1.41. The summed E-state index contributed by atoms with van der Waals surface area (Å²) >= 11 is 0. The predicted molar refractivity (Wildman–Crippen MR) is 92.5 cm³/mol. The maximum atomic E-state index is 15.1. The molecule has 1 saturated heterocycles. The number of phenolic OH excluding ortho intramolecular Hbond substituents is 1. The highest BCUT2D eigenvalue weighted by Crippen LogP contribution is 2.42. The van der Waals surface area contributed by atoms with E-state index in [1.807, 2.05) is 4.90 Å². The Kier molecular flexibility index (Phi) is 4.52. The Bertz CT molecular complexity index is 810. The lowest BCUT2D eigenvalue weighted by atomic mass is 9.98. The molecular formula is C16H22FN3O4S. The molecule has 0 spiro atoms. The van der Waals surface area contributed by atoms with Gasteiger partial charge in [0.05, 0.1) is 0 Å². The molecule has 0 bridgehead atoms. The normalized spacial score (nSPS) is 19.3. The molecule has 138 valence electrons. The Morgan fingerprint density at radius 2 is 2.12 bits per heavy atom. The van der Waals surface area contributed by atoms with E-state index in [0.29, 0.717) is 27.9 Å². The molecule has 0 radical (unpaired) electrons. The van der Waals surface area contributed by atoms with E-state index in [4.69, 9.17) is 0 Å². The van der Waals surface area contributed by atoms with Crippen molar-refractivity contribution in [2.45, 2.75) is 33.1 Å². The summed E-state index contributed by atoms with van der Waals surface area (Å²) in [6.07, 6.45) is 2.14. The van der Waals surface area contributed by atoms with Crippen LogP contribution in [-0.4, -0.2) is 39.1 Å². The lowest BCUT2D eigenvalue weighted by molar-refractivity contribution is -0.117. The Labute approximate surface area is 146 Å². The van der Waals surface area contributed by atoms with E-state index in [-0.39, 0.29) is 0 Å². The number of carbonyl (C=O) groups excluding carboxylic acids is 1. The van der Waals surface area contributed by atoms with Crippen molar-refractivity contribution in [1.29, 1.82) is 0 Å². The monoisotopic (exact) mass is 371 g/mol. The number of benzene rings is 1. The van der Waals surface area contributed by atoms with Crippen LogP contribution in [-0.2, 0) is 21.4 Å². The van der Waals surface area contributed by atoms with Gasteiger partial charge in [0.1, 0.15) is 18.0 Å². The number of phenols is 1. The molecule has 1 aromatic rings. The Morgan fingerprint density at radius 1 is 1.40 bits per heavy atom. The fourth-order valence-corrected chi connectivity index (χ4v) is 4.43. The van der Waals surface area contributed by atoms with Gasteiger partial charge < -0.3 is 10.0 Å². The summed E-state index contributed by atoms with van der Waals surface area (Å²) in [6.45, 7) is 5.18. The minimum absolute atomic E-state index is 0.386. The van der Waals surface area contributed by atoms with Crippen LogP contribution in [0.2, 0.25) is 0 Å². The van der Waals surface area contributed by atoms with Crippen molar-refractivity contribution in [3.05, 3.63) is 17.4 Å². The maximum Gasteiger partial charge on any atom is 0.326 e. The number of halogens is 1. The molecular weight excluding hydrogens is 349 g/mol. The topological polar surface area (TPSA) is 89.9 Å². The Balaban J connectivity index is 2.03. The SMILES string of the molecule is CC(C)CCN1CCCc2c1cc(O)c(N1CC(=O)NS1(=O)=O)c2F. The first-order valence-corrected chi connectivity index (χ1v) is 9.77. The van der Waals surface area contributed by atoms with Gasteiger partial charge in [-0.15, -0.1) is 0 Å². The van der Waals surface area contributed by atoms with Gasteiger partial charge >= 0.3 is 10.2 Å². The minimum atomic E-state index is -4.18. The zero-order valence-electron chi connectivity index (χ0n) is 14.2. The van der Waals surface area contributed by atoms with Crippen molar-refractivity contribution in [3.8, 4) is 5.75 Å². The Hall–Kier alpha value is -2.03. The molecule has 0 aliphatic carbocycles. The minimum Gasteiger partial charge on any atom is -0.506 e. The quantitative estimate of drug-likeness (QED) is 0.837. The largest absolute Gasteiger partial charge is 0.506 e. The first-order chi connectivity index (χ1) is 11.7. The summed E-state index contributed by atoms with van der Waals surface area (Å²) in [7, 11) is -4.18. The number of nitrogens with one attached hydrogen (secondary N) is 1. The average Bonchev–Trinajstić information content (AvgIpc) is 2.78. The Morgan fingerprint density at radius 3 is 2.72 bits per heavy atom. The number of rotatable bonds is 4. The lowest BCUT2D eigenvalue weighted by Crippen LogP contribution is -2.33. The van der Waals surface area contributed by atoms with E-state index >= 15 is 4.39 Å². The van der Waals surface area contributed by atoms with Gasteiger partial charge in [-0.3, -0.25) is 4.79 Å². The number of aromatic hydroxyl groups is 1. The van der Waals surface area contributed by atoms with Gasteiger partial charge in [0.15, 0.2) is 5.82 Å². The molecule has 7 nitrogen and oxygen atoms in total. The summed E-state index contributed by atoms with van der Waals surface area (Å²) in [5.41, 5.74) is 0.529. The molecule has 1 amide bonds. The first-order valence-electron chi connectivity index (χ1n) is 8.33. The third-order valence-corrected chi connectivity index (χ3v) is 5.92. The van der Waals surface area contributed by atoms with Gasteiger partial charge in [0, 0.05) is 30.4 Å². The second kappa shape index (κ2) is 6.36. The van der Waals surface area contributed by atoms with E-state index in [1.54, 1.807) is 4.72 Å². The van der Waals surface area contributed by atoms with Crippen LogP contribution in [0.4, 0.5) is 15.8 Å². The number of hydrogen-bond acceptors (Lipinski definition) is 5. The van der Waals surface area contributed by atoms with E-state index < -0.39 is 39.9 Å². The van der Waals surface area contributed by atoms with Crippen LogP contribution in [0.5, 0.6) is 5.75 Å². The number of nitrogens with zero attached hydrogens (tertiary/aromatic N) is 2. The van der Waals surface area contributed by atoms with Gasteiger partial charge in [-0.05, 0) is 25.2 Å². The molecule has 0 atom stereocenters. The van der Waals surface area contributed by atoms with Crippen LogP contribution in [0.15, 0.2) is 6.07 Å². The first kappa shape index (κ1) is 17.8. The molecule has 1 aromatic carbocycles. The predicted octanol–water partition coefficient (Wildman–Crippen LogP) is 1.51. The third-order valence-electron chi connectivity index (χ3n) is 4.54. The van der Waals surface area contributed by atoms with E-state index in [0.717, 1.165) is 25.9 Å². The van der Waals surface area contributed by atoms with Crippen molar-refractivity contribution < 1.29 is 22.7 Å². The summed E-state index contributed by atoms with van der Waals surface area (Å²) in [4.78, 5) is 13.4. The molecule has 2 heterocycles. The summed E-state index contributed by atoms with van der Waals surface area (Å²) < 4.78 is 41.4. The van der Waals surface area contributed by atoms with Crippen LogP contribution in [0, 0.1) is 11.7 Å². The van der Waals surface area contributed by atoms with Crippen molar-refractivity contribution in [2.24, 2.45) is 5.92 Å². The van der Waals surface area contributed by atoms with Crippen LogP contribution in [0.1, 0.15) is 32.3 Å². The molecule has 2 N–H and O–H groups in total. The van der Waals surface area contributed by atoms with Gasteiger partial charge in [-0.25, -0.2) is 13.4 Å². The second-order valence-corrected chi connectivity index (χ2v) is 8.46. The smallest absolute Gasteiger partial charge is 0.326 e. The van der Waals surface area contributed by atoms with E-state index in [1.165, 1.54) is 6.07 Å². The van der Waals surface area contributed by atoms with Crippen LogP contribution in [0.25, 0.3) is 0 Å². The van der Waals surface area contributed by atoms with Crippen LogP contribution < -0.4 is 13.9 Å². The van der Waals surface area contributed by atoms with Gasteiger partial charge in [-0.2, -0.15) is 8.42 Å². The second-order valence-electron chi connectivity index (χ2n) is 6.87. The van der Waals surface area contributed by atoms with Crippen LogP contribution >= 0.6 is 0 Å². The highest BCUT2D eigenvalue weighted by Gasteiger charge is 2.39. The fourth-order valence-electron chi connectivity index (χ4n) is 3.27. The maximum absolute atomic E-state index is 15.1. The summed E-state index contributed by atoms with van der Waals surface area (Å²) in [5, 5.41) is 10.3. The molecule has 3 rings (SSSR count). The zero-order chi connectivity index (χ0) is 18.4. The van der Waals surface area contributed by atoms with Crippen molar-refractivity contribution in [1.82, 2.24) is 4.72 Å². The highest BCUT2D eigenvalue weighted by molar-refractivity contribution is 7.92. The molecule has 2 aliphatic heterocycles. The van der Waals surface area contributed by atoms with Crippen molar-refractivity contribution in [2.75, 3.05) is 28.8 Å². The molecule has 9 heteroatoms. The van der Waals surface area contributed by atoms with Crippen molar-refractivity contribution >= 4 is 27.5 Å². The van der Waals surface area contributed by atoms with Gasteiger partial charge in [-0.1, -0.05) is 13.8 Å². The third kappa shape index (κ3) is 3.24. The molecule has 0 unspecified atom stereocenters. The molecule has 1 fully saturated rings. The molecule has 25 heavy (non-hydrogen) atoms. The molecule has 0 aromatic heterocycles. The van der Waals surface area contributed by atoms with E-state index in [9.17, 15) is 18.3 Å². The molecule has 2 aliphatic rings. The van der Waals surface area contributed by atoms with E-state index in [2.05, 4.69) is 13.8 Å². The number of amides is 1. The average molecular weight is 371 g/mol. The number of anilines is 2. The standard InChI is InChI=1S/C16H22FN3O4S/c1-10(2)5-7-19-6-3-4-11-12(19)8-13(21)16(15(11)17)20-9-14(22)18-25(20,23)24/h8,10,21H,3-7,9H2,1-2H3,(H,18,22). The van der Waals surface area contributed by atoms with Gasteiger partial charge in [0.25, 0.3) is 5.91 Å². The summed E-state index contributed by atoms with van der Waals surface area (Å²) in [5.74, 6) is -1.51. The number of carbonyl (C=O) groups is 1. The van der Waals surface area contributed by atoms with Crippen molar-refractivity contribution in [3.63, 3.8) is 0 Å².